The molecule has 3 aromatic rings. The zero-order valence-electron chi connectivity index (χ0n) is 13.9. The van der Waals surface area contributed by atoms with Crippen LogP contribution < -0.4 is 4.74 Å². The SMILES string of the molecule is Brc1ccc(C2=NN3C(C2)c2ccccc2OC3c2cccnc2)cc1. The number of rotatable bonds is 2. The van der Waals surface area contributed by atoms with Crippen molar-refractivity contribution < 1.29 is 4.74 Å². The molecule has 5 heteroatoms. The van der Waals surface area contributed by atoms with Gasteiger partial charge in [0.25, 0.3) is 0 Å². The molecule has 2 aliphatic heterocycles. The van der Waals surface area contributed by atoms with Crippen LogP contribution in [0.4, 0.5) is 0 Å². The summed E-state index contributed by atoms with van der Waals surface area (Å²) in [7, 11) is 0. The van der Waals surface area contributed by atoms with E-state index in [1.54, 1.807) is 6.20 Å². The Labute approximate surface area is 160 Å². The van der Waals surface area contributed by atoms with Crippen LogP contribution in [0.25, 0.3) is 0 Å². The lowest BCUT2D eigenvalue weighted by atomic mass is 9.96. The third kappa shape index (κ3) is 2.59. The smallest absolute Gasteiger partial charge is 0.215 e. The topological polar surface area (TPSA) is 37.7 Å². The first-order valence-corrected chi connectivity index (χ1v) is 9.36. The molecule has 0 fully saturated rings. The third-order valence-corrected chi connectivity index (χ3v) is 5.37. The van der Waals surface area contributed by atoms with E-state index in [0.717, 1.165) is 33.5 Å². The summed E-state index contributed by atoms with van der Waals surface area (Å²) in [5, 5.41) is 7.03. The zero-order chi connectivity index (χ0) is 17.5. The summed E-state index contributed by atoms with van der Waals surface area (Å²) in [5.41, 5.74) is 4.41. The van der Waals surface area contributed by atoms with Crippen LogP contribution in [0.1, 0.15) is 35.4 Å². The lowest BCUT2D eigenvalue weighted by Gasteiger charge is -2.38. The van der Waals surface area contributed by atoms with Crippen LogP contribution in [0.5, 0.6) is 5.75 Å². The monoisotopic (exact) mass is 405 g/mol. The quantitative estimate of drug-likeness (QED) is 0.595. The Morgan fingerprint density at radius 2 is 1.85 bits per heavy atom. The van der Waals surface area contributed by atoms with Crippen LogP contribution in [0, 0.1) is 0 Å². The molecule has 2 aliphatic rings. The van der Waals surface area contributed by atoms with E-state index in [-0.39, 0.29) is 12.3 Å². The number of ether oxygens (including phenoxy) is 1. The number of benzene rings is 2. The second kappa shape index (κ2) is 6.25. The number of aromatic nitrogens is 1. The molecule has 3 heterocycles. The van der Waals surface area contributed by atoms with E-state index in [0.29, 0.717) is 0 Å². The normalized spacial score (nSPS) is 20.8. The van der Waals surface area contributed by atoms with Crippen LogP contribution in [0.3, 0.4) is 0 Å². The van der Waals surface area contributed by atoms with Gasteiger partial charge < -0.3 is 4.74 Å². The molecule has 4 nitrogen and oxygen atoms in total. The van der Waals surface area contributed by atoms with Crippen molar-refractivity contribution in [3.8, 4) is 5.75 Å². The summed E-state index contributed by atoms with van der Waals surface area (Å²) < 4.78 is 7.38. The van der Waals surface area contributed by atoms with Crippen molar-refractivity contribution in [1.29, 1.82) is 0 Å². The Kier molecular flexibility index (Phi) is 3.75. The van der Waals surface area contributed by atoms with Gasteiger partial charge in [-0.15, -0.1) is 0 Å². The number of halogens is 1. The van der Waals surface area contributed by atoms with Crippen LogP contribution in [0.2, 0.25) is 0 Å². The van der Waals surface area contributed by atoms with Gasteiger partial charge in [-0.05, 0) is 29.8 Å². The van der Waals surface area contributed by atoms with E-state index >= 15 is 0 Å². The van der Waals surface area contributed by atoms with Crippen molar-refractivity contribution in [3.63, 3.8) is 0 Å². The number of hydrogen-bond acceptors (Lipinski definition) is 4. The highest BCUT2D eigenvalue weighted by atomic mass is 79.9. The maximum Gasteiger partial charge on any atom is 0.215 e. The number of hydrogen-bond donors (Lipinski definition) is 0. The Morgan fingerprint density at radius 3 is 2.65 bits per heavy atom. The van der Waals surface area contributed by atoms with Crippen LogP contribution in [-0.4, -0.2) is 15.7 Å². The van der Waals surface area contributed by atoms with Crippen LogP contribution in [0.15, 0.2) is 82.6 Å². The summed E-state index contributed by atoms with van der Waals surface area (Å²) in [6.07, 6.45) is 4.22. The van der Waals surface area contributed by atoms with E-state index in [2.05, 4.69) is 62.3 Å². The summed E-state index contributed by atoms with van der Waals surface area (Å²) in [5.74, 6) is 0.926. The van der Waals surface area contributed by atoms with Gasteiger partial charge in [0.15, 0.2) is 0 Å². The molecule has 1 aromatic heterocycles. The molecule has 0 N–H and O–H groups in total. The molecule has 0 saturated carbocycles. The summed E-state index contributed by atoms with van der Waals surface area (Å²) in [4.78, 5) is 4.26. The fourth-order valence-electron chi connectivity index (χ4n) is 3.59. The van der Waals surface area contributed by atoms with Gasteiger partial charge in [0, 0.05) is 34.4 Å². The average Bonchev–Trinajstić information content (AvgIpc) is 3.14. The van der Waals surface area contributed by atoms with Gasteiger partial charge in [-0.2, -0.15) is 5.10 Å². The second-order valence-corrected chi connectivity index (χ2v) is 7.36. The van der Waals surface area contributed by atoms with Crippen molar-refractivity contribution in [2.45, 2.75) is 18.7 Å². The Balaban J connectivity index is 1.59. The van der Waals surface area contributed by atoms with E-state index in [1.807, 2.05) is 30.5 Å². The van der Waals surface area contributed by atoms with Crippen molar-refractivity contribution in [2.75, 3.05) is 0 Å². The van der Waals surface area contributed by atoms with E-state index in [4.69, 9.17) is 9.84 Å². The Bertz CT molecular complexity index is 972. The van der Waals surface area contributed by atoms with Crippen molar-refractivity contribution in [1.82, 2.24) is 9.99 Å². The largest absolute Gasteiger partial charge is 0.464 e. The molecule has 128 valence electrons. The standard InChI is InChI=1S/C21H16BrN3O/c22-16-9-7-14(8-10-16)18-12-19-17-5-1-2-6-20(17)26-21(25(19)24-18)15-4-3-11-23-13-15/h1-11,13,19,21H,12H2. The molecule has 0 radical (unpaired) electrons. The van der Waals surface area contributed by atoms with Crippen molar-refractivity contribution in [3.05, 3.63) is 94.2 Å². The second-order valence-electron chi connectivity index (χ2n) is 6.45. The maximum atomic E-state index is 6.31. The minimum absolute atomic E-state index is 0.170. The van der Waals surface area contributed by atoms with Gasteiger partial charge in [-0.25, -0.2) is 5.01 Å². The lowest BCUT2D eigenvalue weighted by molar-refractivity contribution is -0.0192. The molecule has 26 heavy (non-hydrogen) atoms. The van der Waals surface area contributed by atoms with Gasteiger partial charge >= 0.3 is 0 Å². The minimum atomic E-state index is -0.267. The average molecular weight is 406 g/mol. The summed E-state index contributed by atoms with van der Waals surface area (Å²) >= 11 is 3.50. The number of fused-ring (bicyclic) bond motifs is 3. The van der Waals surface area contributed by atoms with Crippen LogP contribution in [-0.2, 0) is 0 Å². The first-order valence-electron chi connectivity index (χ1n) is 8.57. The van der Waals surface area contributed by atoms with Crippen molar-refractivity contribution >= 4 is 21.6 Å². The molecule has 2 unspecified atom stereocenters. The fraction of sp³-hybridized carbons (Fsp3) is 0.143. The third-order valence-electron chi connectivity index (χ3n) is 4.85. The zero-order valence-corrected chi connectivity index (χ0v) is 15.5. The molecule has 2 atom stereocenters. The van der Waals surface area contributed by atoms with Gasteiger partial charge in [-0.3, -0.25) is 4.98 Å². The summed E-state index contributed by atoms with van der Waals surface area (Å²) in [6, 6.07) is 20.7. The van der Waals surface area contributed by atoms with Crippen molar-refractivity contribution in [2.24, 2.45) is 5.10 Å². The molecule has 0 amide bonds. The van der Waals surface area contributed by atoms with Gasteiger partial charge in [0.2, 0.25) is 6.23 Å². The number of para-hydroxylation sites is 1. The van der Waals surface area contributed by atoms with Gasteiger partial charge in [0.05, 0.1) is 11.8 Å². The lowest BCUT2D eigenvalue weighted by Crippen LogP contribution is -2.33. The Hall–Kier alpha value is -2.66. The molecule has 0 spiro atoms. The number of hydrazone groups is 1. The molecule has 0 saturated heterocycles. The fourth-order valence-corrected chi connectivity index (χ4v) is 3.86. The highest BCUT2D eigenvalue weighted by molar-refractivity contribution is 9.10. The first-order chi connectivity index (χ1) is 12.8. The van der Waals surface area contributed by atoms with E-state index < -0.39 is 0 Å². The molecule has 0 aliphatic carbocycles. The highest BCUT2D eigenvalue weighted by Crippen LogP contribution is 2.47. The highest BCUT2D eigenvalue weighted by Gasteiger charge is 2.40. The first kappa shape index (κ1) is 15.6. The minimum Gasteiger partial charge on any atom is -0.464 e. The Morgan fingerprint density at radius 1 is 1.00 bits per heavy atom. The van der Waals surface area contributed by atoms with Crippen LogP contribution >= 0.6 is 15.9 Å². The summed E-state index contributed by atoms with van der Waals surface area (Å²) in [6.45, 7) is 0. The molecule has 5 rings (SSSR count). The number of pyridine rings is 1. The molecule has 2 aromatic carbocycles. The maximum absolute atomic E-state index is 6.31. The van der Waals surface area contributed by atoms with E-state index in [9.17, 15) is 0 Å². The predicted octanol–water partition coefficient (Wildman–Crippen LogP) is 5.09. The van der Waals surface area contributed by atoms with E-state index in [1.165, 1.54) is 5.56 Å². The van der Waals surface area contributed by atoms with Gasteiger partial charge in [-0.1, -0.05) is 52.3 Å². The molecular weight excluding hydrogens is 390 g/mol. The molecule has 0 bridgehead atoms. The molecular formula is C21H16BrN3O. The van der Waals surface area contributed by atoms with Gasteiger partial charge in [0.1, 0.15) is 5.75 Å². The number of nitrogens with zero attached hydrogens (tertiary/aromatic N) is 3. The predicted molar refractivity (Wildman–Crippen MR) is 104 cm³/mol.